The van der Waals surface area contributed by atoms with Gasteiger partial charge in [0.05, 0.1) is 37.1 Å². The Morgan fingerprint density at radius 3 is 2.57 bits per heavy atom. The number of ketones is 1. The van der Waals surface area contributed by atoms with E-state index in [-0.39, 0.29) is 12.0 Å². The molecule has 42 heavy (non-hydrogen) atoms. The normalized spacial score (nSPS) is 18.6. The number of anilines is 1. The lowest BCUT2D eigenvalue weighted by Crippen LogP contribution is -2.50. The number of amides is 1. The minimum Gasteiger partial charge on any atom is -0.496 e. The van der Waals surface area contributed by atoms with E-state index in [0.29, 0.717) is 54.2 Å². The van der Waals surface area contributed by atoms with E-state index < -0.39 is 23.3 Å². The topological polar surface area (TPSA) is 141 Å². The van der Waals surface area contributed by atoms with E-state index in [4.69, 9.17) is 9.47 Å². The van der Waals surface area contributed by atoms with Crippen molar-refractivity contribution >= 4 is 51.0 Å². The number of piperazine rings is 1. The summed E-state index contributed by atoms with van der Waals surface area (Å²) < 4.78 is 10.4. The quantitative estimate of drug-likeness (QED) is 0.174. The Morgan fingerprint density at radius 2 is 1.81 bits per heavy atom. The van der Waals surface area contributed by atoms with Gasteiger partial charge in [0, 0.05) is 49.5 Å². The number of aromatic amines is 1. The number of H-pyrrole nitrogens is 1. The number of nitrogens with zero attached hydrogens (tertiary/aromatic N) is 4. The van der Waals surface area contributed by atoms with Gasteiger partial charge in [-0.1, -0.05) is 24.3 Å². The van der Waals surface area contributed by atoms with Crippen LogP contribution in [-0.4, -0.2) is 84.4 Å². The fourth-order valence-electron chi connectivity index (χ4n) is 5.56. The molecule has 2 aliphatic rings. The molecule has 4 aromatic rings. The molecule has 1 fully saturated rings. The van der Waals surface area contributed by atoms with Gasteiger partial charge in [-0.05, 0) is 30.5 Å². The first-order valence-corrected chi connectivity index (χ1v) is 13.6. The molecule has 12 nitrogen and oxygen atoms in total. The molecule has 2 aliphatic heterocycles. The number of rotatable bonds is 7. The minimum absolute atomic E-state index is 0.0199. The number of aromatic nitrogens is 2. The number of ether oxygens (including phenoxy) is 2. The monoisotopic (exact) mass is 569 g/mol. The van der Waals surface area contributed by atoms with E-state index in [9.17, 15) is 14.4 Å². The van der Waals surface area contributed by atoms with E-state index in [1.165, 1.54) is 20.4 Å². The van der Waals surface area contributed by atoms with Gasteiger partial charge < -0.3 is 29.7 Å². The molecule has 0 radical (unpaired) electrons. The number of aliphatic imine (C=N–C) groups is 1. The van der Waals surface area contributed by atoms with Gasteiger partial charge in [-0.15, -0.1) is 0 Å². The first-order valence-electron chi connectivity index (χ1n) is 13.6. The molecule has 12 heteroatoms. The van der Waals surface area contributed by atoms with Crippen molar-refractivity contribution in [1.29, 1.82) is 0 Å². The van der Waals surface area contributed by atoms with Crippen LogP contribution in [0.5, 0.6) is 5.75 Å². The van der Waals surface area contributed by atoms with Gasteiger partial charge in [-0.2, -0.15) is 0 Å². The summed E-state index contributed by atoms with van der Waals surface area (Å²) in [5.41, 5.74) is 6.57. The average molecular weight is 570 g/mol. The largest absolute Gasteiger partial charge is 0.496 e. The smallest absolute Gasteiger partial charge is 0.309 e. The van der Waals surface area contributed by atoms with Crippen LogP contribution in [-0.2, 0) is 14.3 Å². The number of pyridine rings is 1. The predicted molar refractivity (Wildman–Crippen MR) is 158 cm³/mol. The van der Waals surface area contributed by atoms with Crippen LogP contribution in [0.4, 0.5) is 5.82 Å². The third-order valence-electron chi connectivity index (χ3n) is 7.76. The summed E-state index contributed by atoms with van der Waals surface area (Å²) in [5, 5.41) is 2.64. The molecule has 2 aromatic heterocycles. The highest BCUT2D eigenvalue weighted by Gasteiger charge is 2.35. The minimum atomic E-state index is -0.917. The van der Waals surface area contributed by atoms with E-state index in [1.54, 1.807) is 30.2 Å². The number of hydrogen-bond acceptors (Lipinski definition) is 10. The third kappa shape index (κ3) is 4.79. The molecule has 1 unspecified atom stereocenters. The Hall–Kier alpha value is -4.97. The molecular formula is C30H31N7O5. The molecule has 1 saturated heterocycles. The van der Waals surface area contributed by atoms with Crippen molar-refractivity contribution in [2.24, 2.45) is 4.99 Å². The maximum absolute atomic E-state index is 13.6. The molecule has 2 aromatic carbocycles. The van der Waals surface area contributed by atoms with Crippen LogP contribution in [0, 0.1) is 0 Å². The number of esters is 1. The molecule has 3 N–H and O–H groups in total. The fraction of sp³-hybridized carbons (Fsp3) is 0.300. The lowest BCUT2D eigenvalue weighted by atomic mass is 10.0. The number of hydrogen-bond donors (Lipinski definition) is 3. The van der Waals surface area contributed by atoms with Crippen LogP contribution in [0.3, 0.4) is 0 Å². The zero-order valence-corrected chi connectivity index (χ0v) is 23.6. The van der Waals surface area contributed by atoms with Gasteiger partial charge in [0.25, 0.3) is 11.7 Å². The number of Topliss-reactive ketones (excluding diaryl/α,β-unsaturated/α-hetero) is 1. The number of fused-ring (bicyclic) bond motifs is 2. The van der Waals surface area contributed by atoms with Crippen LogP contribution in [0.15, 0.2) is 59.9 Å². The van der Waals surface area contributed by atoms with Crippen LogP contribution in [0.1, 0.15) is 29.3 Å². The van der Waals surface area contributed by atoms with Gasteiger partial charge in [-0.25, -0.2) is 15.4 Å². The van der Waals surface area contributed by atoms with E-state index >= 15 is 0 Å². The Morgan fingerprint density at radius 1 is 1.02 bits per heavy atom. The highest BCUT2D eigenvalue weighted by Crippen LogP contribution is 2.33. The SMILES string of the molecule is COC(=O)CC1(C)N=C(c2ccc(OC)c3c(C(=O)C(=O)N4CCN(c5nccc6ccccc56)CC4)c[nH]c23)NN1. The summed E-state index contributed by atoms with van der Waals surface area (Å²) in [4.78, 5) is 55.0. The van der Waals surface area contributed by atoms with Crippen molar-refractivity contribution in [3.05, 3.63) is 66.0 Å². The molecule has 1 amide bonds. The summed E-state index contributed by atoms with van der Waals surface area (Å²) >= 11 is 0. The second-order valence-electron chi connectivity index (χ2n) is 10.5. The Bertz CT molecular complexity index is 1740. The average Bonchev–Trinajstić information content (AvgIpc) is 3.64. The van der Waals surface area contributed by atoms with E-state index in [0.717, 1.165) is 16.6 Å². The molecule has 216 valence electrons. The third-order valence-corrected chi connectivity index (χ3v) is 7.76. The van der Waals surface area contributed by atoms with E-state index in [1.807, 2.05) is 30.3 Å². The number of amidine groups is 1. The van der Waals surface area contributed by atoms with Gasteiger partial charge in [0.15, 0.2) is 0 Å². The van der Waals surface area contributed by atoms with Crippen LogP contribution >= 0.6 is 0 Å². The molecular weight excluding hydrogens is 538 g/mol. The Labute approximate surface area is 241 Å². The molecule has 0 spiro atoms. The van der Waals surface area contributed by atoms with Crippen molar-refractivity contribution < 1.29 is 23.9 Å². The number of carbonyl (C=O) groups is 3. The second-order valence-corrected chi connectivity index (χ2v) is 10.5. The Kier molecular flexibility index (Phi) is 6.99. The first-order chi connectivity index (χ1) is 20.3. The van der Waals surface area contributed by atoms with Crippen molar-refractivity contribution in [2.45, 2.75) is 19.0 Å². The Balaban J connectivity index is 1.23. The molecule has 6 rings (SSSR count). The maximum Gasteiger partial charge on any atom is 0.309 e. The predicted octanol–water partition coefficient (Wildman–Crippen LogP) is 2.39. The molecule has 0 saturated carbocycles. The number of carbonyl (C=O) groups excluding carboxylic acids is 3. The number of benzene rings is 2. The fourth-order valence-corrected chi connectivity index (χ4v) is 5.56. The van der Waals surface area contributed by atoms with Gasteiger partial charge >= 0.3 is 5.97 Å². The van der Waals surface area contributed by atoms with Crippen LogP contribution < -0.4 is 20.5 Å². The number of nitrogens with one attached hydrogen (secondary N) is 3. The van der Waals surface area contributed by atoms with E-state index in [2.05, 4.69) is 30.7 Å². The molecule has 1 atom stereocenters. The van der Waals surface area contributed by atoms with Crippen molar-refractivity contribution in [2.75, 3.05) is 45.3 Å². The standard InChI is InChI=1S/C30H31N7O5/c1-30(16-23(38)42-3)33-27(34-35-30)20-8-9-22(41-2)24-21(17-32-25(20)24)26(39)29(40)37-14-12-36(13-15-37)28-19-7-5-4-6-18(19)10-11-31-28/h4-11,17,32,35H,12-16H2,1-3H3,(H,33,34). The lowest BCUT2D eigenvalue weighted by molar-refractivity contribution is -0.142. The van der Waals surface area contributed by atoms with Gasteiger partial charge in [-0.3, -0.25) is 14.4 Å². The summed E-state index contributed by atoms with van der Waals surface area (Å²) in [5.74, 6) is 0.195. The van der Waals surface area contributed by atoms with Crippen molar-refractivity contribution in [3.8, 4) is 5.75 Å². The number of hydrazine groups is 1. The van der Waals surface area contributed by atoms with Crippen molar-refractivity contribution in [1.82, 2.24) is 25.7 Å². The van der Waals surface area contributed by atoms with Crippen LogP contribution in [0.2, 0.25) is 0 Å². The molecule has 0 aliphatic carbocycles. The summed E-state index contributed by atoms with van der Waals surface area (Å²) in [6.45, 7) is 3.67. The maximum atomic E-state index is 13.6. The van der Waals surface area contributed by atoms with Crippen LogP contribution in [0.25, 0.3) is 21.7 Å². The second kappa shape index (κ2) is 10.8. The lowest BCUT2D eigenvalue weighted by Gasteiger charge is -2.35. The summed E-state index contributed by atoms with van der Waals surface area (Å²) in [7, 11) is 2.84. The zero-order chi connectivity index (χ0) is 29.4. The highest BCUT2D eigenvalue weighted by molar-refractivity contribution is 6.45. The zero-order valence-electron chi connectivity index (χ0n) is 23.6. The van der Waals surface area contributed by atoms with Gasteiger partial charge in [0.1, 0.15) is 23.1 Å². The highest BCUT2D eigenvalue weighted by atomic mass is 16.5. The first kappa shape index (κ1) is 27.2. The number of methoxy groups -OCH3 is 2. The summed E-state index contributed by atoms with van der Waals surface area (Å²) in [6, 6.07) is 13.6. The van der Waals surface area contributed by atoms with Gasteiger partial charge in [0.2, 0.25) is 0 Å². The molecule has 4 heterocycles. The molecule has 0 bridgehead atoms. The summed E-state index contributed by atoms with van der Waals surface area (Å²) in [6.07, 6.45) is 3.34. The van der Waals surface area contributed by atoms with Crippen molar-refractivity contribution in [3.63, 3.8) is 0 Å².